The Morgan fingerprint density at radius 3 is 3.00 bits per heavy atom. The Morgan fingerprint density at radius 2 is 2.18 bits per heavy atom. The first-order valence-electron chi connectivity index (χ1n) is 9.02. The zero-order valence-corrected chi connectivity index (χ0v) is 16.2. The summed E-state index contributed by atoms with van der Waals surface area (Å²) in [6.07, 6.45) is 4.95. The number of benzene rings is 1. The molecule has 9 heteroatoms. The van der Waals surface area contributed by atoms with E-state index in [1.54, 1.807) is 12.1 Å². The Bertz CT molecular complexity index is 1150. The van der Waals surface area contributed by atoms with Gasteiger partial charge in [0.15, 0.2) is 0 Å². The van der Waals surface area contributed by atoms with Gasteiger partial charge in [0, 0.05) is 32.4 Å². The Kier molecular flexibility index (Phi) is 4.75. The van der Waals surface area contributed by atoms with Gasteiger partial charge in [0.05, 0.1) is 21.9 Å². The smallest absolute Gasteiger partial charge is 0.243 e. The molecule has 0 saturated carbocycles. The first kappa shape index (κ1) is 18.4. The zero-order valence-electron chi connectivity index (χ0n) is 15.4. The average molecular weight is 396 g/mol. The lowest BCUT2D eigenvalue weighted by molar-refractivity contribution is 0.310. The number of fused-ring (bicyclic) bond motifs is 1. The third kappa shape index (κ3) is 3.21. The van der Waals surface area contributed by atoms with Crippen LogP contribution < -0.4 is 4.90 Å². The molecule has 1 saturated heterocycles. The summed E-state index contributed by atoms with van der Waals surface area (Å²) in [6, 6.07) is 10.1. The van der Waals surface area contributed by atoms with Gasteiger partial charge in [-0.15, -0.1) is 0 Å². The van der Waals surface area contributed by atoms with E-state index < -0.39 is 10.0 Å². The molecule has 0 radical (unpaired) electrons. The lowest BCUT2D eigenvalue weighted by Crippen LogP contribution is -2.48. The van der Waals surface area contributed by atoms with E-state index in [2.05, 4.69) is 15.0 Å². The molecule has 1 aliphatic heterocycles. The fourth-order valence-electron chi connectivity index (χ4n) is 3.64. The summed E-state index contributed by atoms with van der Waals surface area (Å²) in [4.78, 5) is 13.9. The molecule has 1 aliphatic rings. The van der Waals surface area contributed by atoms with Crippen LogP contribution in [0, 0.1) is 11.3 Å². The van der Waals surface area contributed by atoms with Crippen molar-refractivity contribution in [3.63, 3.8) is 0 Å². The van der Waals surface area contributed by atoms with Gasteiger partial charge in [-0.2, -0.15) is 9.57 Å². The molecule has 4 rings (SSSR count). The fraction of sp³-hybridized carbons (Fsp3) is 0.316. The number of piperidine rings is 1. The molecule has 3 aromatic rings. The highest BCUT2D eigenvalue weighted by Gasteiger charge is 2.32. The van der Waals surface area contributed by atoms with E-state index in [1.165, 1.54) is 22.8 Å². The third-order valence-electron chi connectivity index (χ3n) is 5.17. The van der Waals surface area contributed by atoms with E-state index in [4.69, 9.17) is 5.26 Å². The monoisotopic (exact) mass is 396 g/mol. The molecule has 8 nitrogen and oxygen atoms in total. The maximum Gasteiger partial charge on any atom is 0.243 e. The number of hydrogen-bond donors (Lipinski definition) is 1. The molecular formula is C19H20N6O2S. The quantitative estimate of drug-likeness (QED) is 0.724. The maximum absolute atomic E-state index is 13.1. The lowest BCUT2D eigenvalue weighted by Gasteiger charge is -2.37. The van der Waals surface area contributed by atoms with E-state index in [0.29, 0.717) is 18.7 Å². The van der Waals surface area contributed by atoms with E-state index in [0.717, 1.165) is 29.7 Å². The molecule has 28 heavy (non-hydrogen) atoms. The maximum atomic E-state index is 13.1. The van der Waals surface area contributed by atoms with E-state index in [1.807, 2.05) is 30.3 Å². The van der Waals surface area contributed by atoms with Crippen molar-refractivity contribution in [1.29, 1.82) is 5.26 Å². The van der Waals surface area contributed by atoms with Crippen LogP contribution in [0.2, 0.25) is 0 Å². The number of rotatable bonds is 4. The number of sulfonamides is 1. The minimum atomic E-state index is -3.66. The highest BCUT2D eigenvalue weighted by atomic mass is 32.2. The van der Waals surface area contributed by atoms with Crippen LogP contribution in [0.1, 0.15) is 18.4 Å². The minimum absolute atomic E-state index is 0.00401. The summed E-state index contributed by atoms with van der Waals surface area (Å²) in [5.41, 5.74) is 1.09. The topological polar surface area (TPSA) is 106 Å². The van der Waals surface area contributed by atoms with Crippen LogP contribution in [0.3, 0.4) is 0 Å². The van der Waals surface area contributed by atoms with Gasteiger partial charge >= 0.3 is 0 Å². The zero-order chi connectivity index (χ0) is 19.7. The molecular weight excluding hydrogens is 376 g/mol. The van der Waals surface area contributed by atoms with Gasteiger partial charge in [0.1, 0.15) is 17.8 Å². The van der Waals surface area contributed by atoms with Crippen molar-refractivity contribution in [1.82, 2.24) is 19.3 Å². The van der Waals surface area contributed by atoms with Crippen molar-refractivity contribution in [2.75, 3.05) is 25.0 Å². The molecule has 144 valence electrons. The normalized spacial score (nSPS) is 18.1. The molecule has 0 amide bonds. The molecule has 2 aromatic heterocycles. The molecule has 1 N–H and O–H groups in total. The summed E-state index contributed by atoms with van der Waals surface area (Å²) in [6.45, 7) is 0.832. The summed E-state index contributed by atoms with van der Waals surface area (Å²) in [5, 5.41) is 9.98. The van der Waals surface area contributed by atoms with Crippen LogP contribution >= 0.6 is 0 Å². The van der Waals surface area contributed by atoms with E-state index in [9.17, 15) is 8.42 Å². The van der Waals surface area contributed by atoms with Crippen LogP contribution in [0.25, 0.3) is 11.0 Å². The molecule has 1 fully saturated rings. The molecule has 1 aromatic carbocycles. The van der Waals surface area contributed by atoms with Gasteiger partial charge in [-0.25, -0.2) is 18.4 Å². The molecule has 0 bridgehead atoms. The molecule has 0 spiro atoms. The number of aromatic nitrogens is 3. The number of anilines is 1. The first-order chi connectivity index (χ1) is 13.5. The minimum Gasteiger partial charge on any atom is -0.355 e. The lowest BCUT2D eigenvalue weighted by atomic mass is 10.1. The van der Waals surface area contributed by atoms with Gasteiger partial charge in [-0.1, -0.05) is 6.07 Å². The van der Waals surface area contributed by atoms with Gasteiger partial charge in [-0.3, -0.25) is 0 Å². The summed E-state index contributed by atoms with van der Waals surface area (Å²) in [5.74, 6) is 0.780. The second-order valence-electron chi connectivity index (χ2n) is 6.85. The Hall–Kier alpha value is -2.96. The standard InChI is InChI=1S/C19H20N6O2S/c1-24(19-17-7-8-21-18(17)22-13-23-19)15-5-3-9-25(12-15)28(26,27)16-6-2-4-14(10-16)11-20/h2,4,6-8,10,13,15H,3,5,9,12H2,1H3,(H,21,22,23). The Morgan fingerprint density at radius 1 is 1.32 bits per heavy atom. The number of nitriles is 1. The Balaban J connectivity index is 1.60. The molecule has 1 unspecified atom stereocenters. The predicted molar refractivity (Wildman–Crippen MR) is 105 cm³/mol. The van der Waals surface area contributed by atoms with Crippen LogP contribution in [0.15, 0.2) is 47.8 Å². The first-order valence-corrected chi connectivity index (χ1v) is 10.5. The number of nitrogens with one attached hydrogen (secondary N) is 1. The summed E-state index contributed by atoms with van der Waals surface area (Å²) < 4.78 is 27.7. The fourth-order valence-corrected chi connectivity index (χ4v) is 5.21. The van der Waals surface area contributed by atoms with Crippen LogP contribution in [-0.4, -0.2) is 53.9 Å². The second kappa shape index (κ2) is 7.22. The molecule has 0 aliphatic carbocycles. The van der Waals surface area contributed by atoms with E-state index in [-0.39, 0.29) is 10.9 Å². The second-order valence-corrected chi connectivity index (χ2v) is 8.78. The van der Waals surface area contributed by atoms with Crippen molar-refractivity contribution in [3.8, 4) is 6.07 Å². The number of nitrogens with zero attached hydrogens (tertiary/aromatic N) is 5. The van der Waals surface area contributed by atoms with Crippen molar-refractivity contribution in [3.05, 3.63) is 48.4 Å². The van der Waals surface area contributed by atoms with Gasteiger partial charge in [-0.05, 0) is 37.1 Å². The third-order valence-corrected chi connectivity index (χ3v) is 7.04. The number of likely N-dealkylation sites (N-methyl/N-ethyl adjacent to an activating group) is 1. The predicted octanol–water partition coefficient (Wildman–Crippen LogP) is 2.12. The number of hydrogen-bond acceptors (Lipinski definition) is 6. The highest BCUT2D eigenvalue weighted by molar-refractivity contribution is 7.89. The largest absolute Gasteiger partial charge is 0.355 e. The highest BCUT2D eigenvalue weighted by Crippen LogP contribution is 2.28. The summed E-state index contributed by atoms with van der Waals surface area (Å²) in [7, 11) is -1.72. The summed E-state index contributed by atoms with van der Waals surface area (Å²) >= 11 is 0. The van der Waals surface area contributed by atoms with Crippen LogP contribution in [0.5, 0.6) is 0 Å². The van der Waals surface area contributed by atoms with Gasteiger partial charge in [0.2, 0.25) is 10.0 Å². The number of H-pyrrole nitrogens is 1. The van der Waals surface area contributed by atoms with Crippen molar-refractivity contribution in [2.45, 2.75) is 23.8 Å². The van der Waals surface area contributed by atoms with Gasteiger partial charge < -0.3 is 9.88 Å². The Labute approximate surface area is 163 Å². The molecule has 3 heterocycles. The van der Waals surface area contributed by atoms with Gasteiger partial charge in [0.25, 0.3) is 0 Å². The van der Waals surface area contributed by atoms with Crippen molar-refractivity contribution in [2.24, 2.45) is 0 Å². The van der Waals surface area contributed by atoms with E-state index >= 15 is 0 Å². The van der Waals surface area contributed by atoms with Crippen molar-refractivity contribution < 1.29 is 8.42 Å². The SMILES string of the molecule is CN(c1ncnc2[nH]ccc12)C1CCCN(S(=O)(=O)c2cccc(C#N)c2)C1. The number of aromatic amines is 1. The van der Waals surface area contributed by atoms with Crippen molar-refractivity contribution >= 4 is 26.9 Å². The molecule has 1 atom stereocenters. The van der Waals surface area contributed by atoms with Crippen LogP contribution in [-0.2, 0) is 10.0 Å². The average Bonchev–Trinajstić information content (AvgIpc) is 3.22. The van der Waals surface area contributed by atoms with Crippen LogP contribution in [0.4, 0.5) is 5.82 Å².